The van der Waals surface area contributed by atoms with E-state index in [-0.39, 0.29) is 5.75 Å². The third kappa shape index (κ3) is 6.15. The average molecular weight is 234 g/mol. The molecule has 1 unspecified atom stereocenters. The van der Waals surface area contributed by atoms with Gasteiger partial charge in [-0.3, -0.25) is 4.55 Å². The Morgan fingerprint density at radius 2 is 1.87 bits per heavy atom. The van der Waals surface area contributed by atoms with Crippen LogP contribution in [0.4, 0.5) is 0 Å². The number of rotatable bonds is 5. The molecule has 15 heavy (non-hydrogen) atoms. The van der Waals surface area contributed by atoms with Crippen LogP contribution >= 0.6 is 0 Å². The predicted molar refractivity (Wildman–Crippen MR) is 61.4 cm³/mol. The highest BCUT2D eigenvalue weighted by Gasteiger charge is 2.17. The van der Waals surface area contributed by atoms with Gasteiger partial charge in [0.25, 0.3) is 10.1 Å². The first-order valence-corrected chi connectivity index (χ1v) is 7.53. The fourth-order valence-corrected chi connectivity index (χ4v) is 3.16. The lowest BCUT2D eigenvalue weighted by molar-refractivity contribution is 0.292. The molecular formula is C11H22O3S. The van der Waals surface area contributed by atoms with E-state index in [1.807, 2.05) is 0 Å². The molecule has 0 aliphatic heterocycles. The second kappa shape index (κ2) is 5.85. The molecule has 1 fully saturated rings. The summed E-state index contributed by atoms with van der Waals surface area (Å²) in [5, 5.41) is 0. The van der Waals surface area contributed by atoms with Crippen LogP contribution < -0.4 is 0 Å². The van der Waals surface area contributed by atoms with E-state index in [9.17, 15) is 8.42 Å². The molecule has 0 amide bonds. The summed E-state index contributed by atoms with van der Waals surface area (Å²) >= 11 is 0. The van der Waals surface area contributed by atoms with E-state index in [1.165, 1.54) is 32.1 Å². The molecule has 1 aliphatic rings. The molecule has 0 aromatic rings. The van der Waals surface area contributed by atoms with Crippen molar-refractivity contribution in [1.82, 2.24) is 0 Å². The van der Waals surface area contributed by atoms with E-state index >= 15 is 0 Å². The van der Waals surface area contributed by atoms with Crippen molar-refractivity contribution in [3.63, 3.8) is 0 Å². The number of hydrogen-bond donors (Lipinski definition) is 1. The fourth-order valence-electron chi connectivity index (χ4n) is 2.46. The van der Waals surface area contributed by atoms with Crippen molar-refractivity contribution in [2.75, 3.05) is 5.75 Å². The van der Waals surface area contributed by atoms with Gasteiger partial charge in [0, 0.05) is 0 Å². The van der Waals surface area contributed by atoms with Crippen molar-refractivity contribution >= 4 is 10.1 Å². The Bertz CT molecular complexity index is 266. The summed E-state index contributed by atoms with van der Waals surface area (Å²) in [7, 11) is -3.76. The molecule has 0 spiro atoms. The summed E-state index contributed by atoms with van der Waals surface area (Å²) in [4.78, 5) is 0. The van der Waals surface area contributed by atoms with Crippen LogP contribution in [0.5, 0.6) is 0 Å². The Morgan fingerprint density at radius 3 is 2.40 bits per heavy atom. The van der Waals surface area contributed by atoms with E-state index in [4.69, 9.17) is 4.55 Å². The fraction of sp³-hybridized carbons (Fsp3) is 1.00. The molecule has 1 atom stereocenters. The van der Waals surface area contributed by atoms with Gasteiger partial charge in [-0.2, -0.15) is 8.42 Å². The van der Waals surface area contributed by atoms with Crippen LogP contribution in [-0.4, -0.2) is 18.7 Å². The second-order valence-corrected chi connectivity index (χ2v) is 6.49. The maximum atomic E-state index is 10.6. The topological polar surface area (TPSA) is 54.4 Å². The molecule has 1 rings (SSSR count). The molecular weight excluding hydrogens is 212 g/mol. The molecule has 90 valence electrons. The van der Waals surface area contributed by atoms with Gasteiger partial charge in [0.15, 0.2) is 0 Å². The minimum atomic E-state index is -3.76. The first-order chi connectivity index (χ1) is 6.97. The van der Waals surface area contributed by atoms with Crippen LogP contribution in [0.2, 0.25) is 0 Å². The minimum Gasteiger partial charge on any atom is -0.286 e. The summed E-state index contributed by atoms with van der Waals surface area (Å²) < 4.78 is 29.8. The highest BCUT2D eigenvalue weighted by molar-refractivity contribution is 7.85. The van der Waals surface area contributed by atoms with Gasteiger partial charge in [0.1, 0.15) is 0 Å². The molecule has 0 saturated heterocycles. The Morgan fingerprint density at radius 1 is 1.27 bits per heavy atom. The maximum Gasteiger partial charge on any atom is 0.264 e. The summed E-state index contributed by atoms with van der Waals surface area (Å²) in [6, 6.07) is 0. The van der Waals surface area contributed by atoms with Gasteiger partial charge in [-0.1, -0.05) is 39.0 Å². The Kier molecular flexibility index (Phi) is 5.06. The van der Waals surface area contributed by atoms with Crippen molar-refractivity contribution < 1.29 is 13.0 Å². The van der Waals surface area contributed by atoms with Crippen LogP contribution in [-0.2, 0) is 10.1 Å². The Balaban J connectivity index is 2.20. The van der Waals surface area contributed by atoms with Gasteiger partial charge in [0.2, 0.25) is 0 Å². The van der Waals surface area contributed by atoms with Gasteiger partial charge >= 0.3 is 0 Å². The van der Waals surface area contributed by atoms with Crippen molar-refractivity contribution in [1.29, 1.82) is 0 Å². The van der Waals surface area contributed by atoms with Gasteiger partial charge in [-0.25, -0.2) is 0 Å². The van der Waals surface area contributed by atoms with Crippen LogP contribution in [0.25, 0.3) is 0 Å². The lowest BCUT2D eigenvalue weighted by atomic mass is 9.83. The van der Waals surface area contributed by atoms with Crippen LogP contribution in [0, 0.1) is 11.8 Å². The first kappa shape index (κ1) is 13.0. The molecule has 1 saturated carbocycles. The first-order valence-electron chi connectivity index (χ1n) is 5.92. The molecule has 0 aromatic heterocycles. The van der Waals surface area contributed by atoms with Crippen LogP contribution in [0.1, 0.15) is 51.9 Å². The lowest BCUT2D eigenvalue weighted by Gasteiger charge is -2.24. The van der Waals surface area contributed by atoms with Crippen molar-refractivity contribution in [3.8, 4) is 0 Å². The molecule has 1 aliphatic carbocycles. The van der Waals surface area contributed by atoms with E-state index in [2.05, 4.69) is 6.92 Å². The summed E-state index contributed by atoms with van der Waals surface area (Å²) in [6.45, 7) is 2.08. The monoisotopic (exact) mass is 234 g/mol. The van der Waals surface area contributed by atoms with Crippen LogP contribution in [0.3, 0.4) is 0 Å². The molecule has 3 nitrogen and oxygen atoms in total. The Hall–Kier alpha value is -0.0900. The predicted octanol–water partition coefficient (Wildman–Crippen LogP) is 2.87. The SMILES string of the molecule is CC(CCS(=O)(=O)O)CC1CCCCC1. The Labute approximate surface area is 93.0 Å². The van der Waals surface area contributed by atoms with Crippen LogP contribution in [0.15, 0.2) is 0 Å². The molecule has 4 heteroatoms. The minimum absolute atomic E-state index is 0.0825. The van der Waals surface area contributed by atoms with Gasteiger partial charge in [0.05, 0.1) is 5.75 Å². The third-order valence-corrected chi connectivity index (χ3v) is 4.08. The van der Waals surface area contributed by atoms with Crippen molar-refractivity contribution in [2.45, 2.75) is 51.9 Å². The van der Waals surface area contributed by atoms with E-state index in [0.717, 1.165) is 12.3 Å². The standard InChI is InChI=1S/C11H22O3S/c1-10(7-8-15(12,13)14)9-11-5-3-2-4-6-11/h10-11H,2-9H2,1H3,(H,12,13,14). The molecule has 0 aromatic carbocycles. The molecule has 0 radical (unpaired) electrons. The summed E-state index contributed by atoms with van der Waals surface area (Å²) in [6.07, 6.45) is 8.33. The van der Waals surface area contributed by atoms with Gasteiger partial charge in [-0.15, -0.1) is 0 Å². The van der Waals surface area contributed by atoms with Gasteiger partial charge in [-0.05, 0) is 24.7 Å². The zero-order valence-corrected chi connectivity index (χ0v) is 10.3. The smallest absolute Gasteiger partial charge is 0.264 e. The summed E-state index contributed by atoms with van der Waals surface area (Å²) in [5.74, 6) is 1.12. The highest BCUT2D eigenvalue weighted by Crippen LogP contribution is 2.29. The van der Waals surface area contributed by atoms with Crippen molar-refractivity contribution in [2.24, 2.45) is 11.8 Å². The molecule has 1 N–H and O–H groups in total. The number of hydrogen-bond acceptors (Lipinski definition) is 2. The van der Waals surface area contributed by atoms with E-state index in [0.29, 0.717) is 12.3 Å². The summed E-state index contributed by atoms with van der Waals surface area (Å²) in [5.41, 5.74) is 0. The second-order valence-electron chi connectivity index (χ2n) is 4.92. The van der Waals surface area contributed by atoms with Crippen molar-refractivity contribution in [3.05, 3.63) is 0 Å². The maximum absolute atomic E-state index is 10.6. The lowest BCUT2D eigenvalue weighted by Crippen LogP contribution is -2.13. The quantitative estimate of drug-likeness (QED) is 0.744. The van der Waals surface area contributed by atoms with E-state index in [1.54, 1.807) is 0 Å². The molecule has 0 heterocycles. The molecule has 0 bridgehead atoms. The average Bonchev–Trinajstić information content (AvgIpc) is 2.15. The van der Waals surface area contributed by atoms with E-state index < -0.39 is 10.1 Å². The zero-order valence-electron chi connectivity index (χ0n) is 9.48. The third-order valence-electron chi connectivity index (χ3n) is 3.33. The largest absolute Gasteiger partial charge is 0.286 e. The normalized spacial score (nSPS) is 21.5. The van der Waals surface area contributed by atoms with Gasteiger partial charge < -0.3 is 0 Å². The highest BCUT2D eigenvalue weighted by atomic mass is 32.2. The zero-order chi connectivity index (χ0) is 11.3.